The summed E-state index contributed by atoms with van der Waals surface area (Å²) in [7, 11) is 0. The quantitative estimate of drug-likeness (QED) is 0.0564. The summed E-state index contributed by atoms with van der Waals surface area (Å²) in [5.41, 5.74) is 0. The van der Waals surface area contributed by atoms with Gasteiger partial charge in [0.25, 0.3) is 0 Å². The Morgan fingerprint density at radius 1 is 0.286 bits per heavy atom. The summed E-state index contributed by atoms with van der Waals surface area (Å²) >= 11 is 0. The van der Waals surface area contributed by atoms with Gasteiger partial charge >= 0.3 is 0 Å². The molecular formula is C54H113N3O6. The van der Waals surface area contributed by atoms with E-state index < -0.39 is 36.7 Å². The fourth-order valence-corrected chi connectivity index (χ4v) is 8.58. The Balaban J connectivity index is -0.000000371. The van der Waals surface area contributed by atoms with Crippen LogP contribution in [0.2, 0.25) is 0 Å². The number of hydrogen-bond acceptors (Lipinski definition) is 6. The fourth-order valence-electron chi connectivity index (χ4n) is 8.58. The molecule has 0 heterocycles. The molecule has 0 atom stereocenters. The molecule has 0 aliphatic rings. The van der Waals surface area contributed by atoms with E-state index in [1.165, 1.54) is 246 Å². The lowest BCUT2D eigenvalue weighted by Crippen LogP contribution is -2.50. The second-order valence-corrected chi connectivity index (χ2v) is 19.1. The number of carbonyl (C=O) groups is 3. The van der Waals surface area contributed by atoms with Gasteiger partial charge in [0.15, 0.2) is 0 Å². The van der Waals surface area contributed by atoms with Crippen LogP contribution in [0.1, 0.15) is 250 Å². The summed E-state index contributed by atoms with van der Waals surface area (Å²) in [4.78, 5) is 29.8. The van der Waals surface area contributed by atoms with E-state index in [1.807, 2.05) is 0 Å². The van der Waals surface area contributed by atoms with Crippen LogP contribution >= 0.6 is 0 Å². The number of carbonyl (C=O) groups excluding carboxylic acids is 3. The predicted molar refractivity (Wildman–Crippen MR) is 266 cm³/mol. The minimum Gasteiger partial charge on any atom is -0.550 e. The van der Waals surface area contributed by atoms with Crippen molar-refractivity contribution < 1.29 is 43.2 Å². The topological polar surface area (TPSA) is 120 Å². The molecule has 9 heteroatoms. The normalized spacial score (nSPS) is 11.6. The van der Waals surface area contributed by atoms with Gasteiger partial charge in [0.2, 0.25) is 0 Å². The fraction of sp³-hybridized carbons (Fsp3) is 0.944. The number of quaternary nitrogens is 3. The molecule has 0 saturated carbocycles. The van der Waals surface area contributed by atoms with Crippen LogP contribution in [0.5, 0.6) is 0 Å². The average Bonchev–Trinajstić information content (AvgIpc) is 3.27. The Kier molecular flexibility index (Phi) is 52.0. The summed E-state index contributed by atoms with van der Waals surface area (Å²) in [6.45, 7) is 45.1. The first-order valence-corrected chi connectivity index (χ1v) is 27.3. The molecule has 380 valence electrons. The molecule has 0 N–H and O–H groups in total. The number of carboxylic acids is 3. The molecular weight excluding hydrogens is 787 g/mol. The Bertz CT molecular complexity index is 779. The van der Waals surface area contributed by atoms with Gasteiger partial charge in [0.1, 0.15) is 0 Å². The maximum absolute atomic E-state index is 10.1. The third kappa shape index (κ3) is 41.5. The van der Waals surface area contributed by atoms with Crippen molar-refractivity contribution in [3.05, 3.63) is 0 Å². The van der Waals surface area contributed by atoms with Crippen molar-refractivity contribution in [3.8, 4) is 0 Å². The van der Waals surface area contributed by atoms with Crippen LogP contribution in [0, 0.1) is 5.92 Å². The third-order valence-electron chi connectivity index (χ3n) is 13.0. The molecule has 0 spiro atoms. The zero-order valence-corrected chi connectivity index (χ0v) is 44.7. The highest BCUT2D eigenvalue weighted by Crippen LogP contribution is 2.19. The van der Waals surface area contributed by atoms with Gasteiger partial charge in [-0.15, -0.1) is 0 Å². The van der Waals surface area contributed by atoms with Crippen LogP contribution in [0.25, 0.3) is 0 Å². The molecule has 0 radical (unpaired) electrons. The summed E-state index contributed by atoms with van der Waals surface area (Å²) in [6, 6.07) is 0. The van der Waals surface area contributed by atoms with Crippen molar-refractivity contribution in [1.29, 1.82) is 0 Å². The number of hydrogen-bond donors (Lipinski definition) is 0. The van der Waals surface area contributed by atoms with E-state index in [4.69, 9.17) is 0 Å². The molecule has 0 unspecified atom stereocenters. The Morgan fingerprint density at radius 3 is 0.492 bits per heavy atom. The number of rotatable bonds is 41. The first kappa shape index (κ1) is 67.9. The zero-order chi connectivity index (χ0) is 48.7. The maximum atomic E-state index is 10.1. The molecule has 0 rings (SSSR count). The Morgan fingerprint density at radius 2 is 0.413 bits per heavy atom. The Labute approximate surface area is 394 Å². The van der Waals surface area contributed by atoms with E-state index >= 15 is 0 Å². The van der Waals surface area contributed by atoms with Crippen LogP contribution < -0.4 is 15.3 Å². The smallest absolute Gasteiger partial charge is 0.0786 e. The van der Waals surface area contributed by atoms with Gasteiger partial charge < -0.3 is 43.2 Å². The largest absolute Gasteiger partial charge is 0.550 e. The number of unbranched alkanes of at least 4 members (excludes halogenated alkanes) is 12. The van der Waals surface area contributed by atoms with Gasteiger partial charge in [-0.25, -0.2) is 0 Å². The highest BCUT2D eigenvalue weighted by atomic mass is 16.4. The lowest BCUT2D eigenvalue weighted by Gasteiger charge is -2.39. The van der Waals surface area contributed by atoms with Crippen molar-refractivity contribution >= 4 is 17.9 Å². The van der Waals surface area contributed by atoms with Crippen molar-refractivity contribution in [2.75, 3.05) is 78.5 Å². The molecule has 0 fully saturated rings. The molecule has 0 saturated heterocycles. The van der Waals surface area contributed by atoms with Crippen molar-refractivity contribution in [1.82, 2.24) is 0 Å². The van der Waals surface area contributed by atoms with Crippen LogP contribution in [0.15, 0.2) is 0 Å². The molecule has 9 nitrogen and oxygen atoms in total. The van der Waals surface area contributed by atoms with Crippen LogP contribution in [-0.2, 0) is 14.4 Å². The minimum absolute atomic E-state index is 0.879. The molecule has 0 aromatic carbocycles. The second-order valence-electron chi connectivity index (χ2n) is 19.1. The van der Waals surface area contributed by atoms with Gasteiger partial charge in [0, 0.05) is 23.8 Å². The summed E-state index contributed by atoms with van der Waals surface area (Å²) in [5, 5.41) is 29.8. The van der Waals surface area contributed by atoms with E-state index in [1.54, 1.807) is 0 Å². The maximum Gasteiger partial charge on any atom is 0.0786 e. The lowest BCUT2D eigenvalue weighted by atomic mass is 10.0. The summed E-state index contributed by atoms with van der Waals surface area (Å²) in [5.74, 6) is -6.58. The van der Waals surface area contributed by atoms with Gasteiger partial charge in [-0.2, -0.15) is 0 Å². The number of nitrogens with zero attached hydrogens (tertiary/aromatic N) is 3. The van der Waals surface area contributed by atoms with Crippen LogP contribution in [-0.4, -0.2) is 110 Å². The van der Waals surface area contributed by atoms with E-state index in [-0.39, 0.29) is 0 Å². The predicted octanol–water partition coefficient (Wildman–Crippen LogP) is 10.6. The van der Waals surface area contributed by atoms with Gasteiger partial charge in [-0.3, -0.25) is 0 Å². The molecule has 0 aliphatic carbocycles. The lowest BCUT2D eigenvalue weighted by molar-refractivity contribution is -0.929. The molecule has 0 aromatic heterocycles. The number of aliphatic carboxylic acids is 3. The van der Waals surface area contributed by atoms with Gasteiger partial charge in [0.05, 0.1) is 78.5 Å². The van der Waals surface area contributed by atoms with Crippen molar-refractivity contribution in [3.63, 3.8) is 0 Å². The molecule has 0 aliphatic heterocycles. The second kappa shape index (κ2) is 48.2. The zero-order valence-electron chi connectivity index (χ0n) is 44.7. The molecule has 0 aromatic rings. The van der Waals surface area contributed by atoms with E-state index in [2.05, 4.69) is 83.1 Å². The van der Waals surface area contributed by atoms with Crippen molar-refractivity contribution in [2.24, 2.45) is 5.92 Å². The van der Waals surface area contributed by atoms with E-state index in [0.29, 0.717) is 0 Å². The van der Waals surface area contributed by atoms with Gasteiger partial charge in [-0.1, -0.05) is 160 Å². The summed E-state index contributed by atoms with van der Waals surface area (Å²) in [6.07, 6.45) is 31.4. The highest BCUT2D eigenvalue weighted by Gasteiger charge is 2.27. The van der Waals surface area contributed by atoms with E-state index in [0.717, 1.165) is 0 Å². The average molecular weight is 901 g/mol. The monoisotopic (exact) mass is 900 g/mol. The van der Waals surface area contributed by atoms with Crippen molar-refractivity contribution in [2.45, 2.75) is 250 Å². The minimum atomic E-state index is -1.73. The van der Waals surface area contributed by atoms with Gasteiger partial charge in [-0.05, 0) is 89.9 Å². The van der Waals surface area contributed by atoms with Crippen LogP contribution in [0.3, 0.4) is 0 Å². The summed E-state index contributed by atoms with van der Waals surface area (Å²) < 4.78 is 4.26. The molecule has 0 bridgehead atoms. The standard InChI is InChI=1S/3C16H36N.C6H8O6/c3*1-5-9-13-17(14-10-6-2,15-11-7-3)16-12-8-4;7-4(8)1-3(6(11)12)2-5(9)10/h3*5-16H2,1-4H3;3H,1-2H2,(H,7,8)(H,9,10)(H,11,12)/q3*+1;/p-3. The van der Waals surface area contributed by atoms with E-state index in [9.17, 15) is 29.7 Å². The molecule has 0 amide bonds. The SMILES string of the molecule is CCCC[N+](CCCC)(CCCC)CCCC.CCCC[N+](CCCC)(CCCC)CCCC.CCCC[N+](CCCC)(CCCC)CCCC.O=C([O-])CC(CC(=O)[O-])C(=O)[O-]. The molecule has 63 heavy (non-hydrogen) atoms. The first-order valence-electron chi connectivity index (χ1n) is 27.3. The highest BCUT2D eigenvalue weighted by molar-refractivity contribution is 5.80. The Hall–Kier alpha value is -1.71. The first-order chi connectivity index (χ1) is 30.2. The van der Waals surface area contributed by atoms with Crippen LogP contribution in [0.4, 0.5) is 0 Å². The number of carboxylic acid groups (broad SMARTS) is 3. The third-order valence-corrected chi connectivity index (χ3v) is 13.0.